The predicted octanol–water partition coefficient (Wildman–Crippen LogP) is 2.31. The Morgan fingerprint density at radius 3 is 2.50 bits per heavy atom. The Morgan fingerprint density at radius 1 is 1.28 bits per heavy atom. The molecule has 0 fully saturated rings. The van der Waals surface area contributed by atoms with Gasteiger partial charge in [-0.25, -0.2) is 9.97 Å². The van der Waals surface area contributed by atoms with Crippen LogP contribution in [-0.2, 0) is 11.2 Å². The summed E-state index contributed by atoms with van der Waals surface area (Å²) >= 11 is 0. The molecule has 0 spiro atoms. The van der Waals surface area contributed by atoms with Crippen molar-refractivity contribution >= 4 is 11.6 Å². The van der Waals surface area contributed by atoms with Crippen LogP contribution in [0, 0.1) is 0 Å². The third-order valence-corrected chi connectivity index (χ3v) is 2.64. The zero-order chi connectivity index (χ0) is 13.6. The maximum Gasteiger partial charge on any atom is 0.135 e. The Morgan fingerprint density at radius 2 is 1.94 bits per heavy atom. The predicted molar refractivity (Wildman–Crippen MR) is 75.2 cm³/mol. The van der Waals surface area contributed by atoms with Crippen LogP contribution in [0.5, 0.6) is 0 Å². The minimum atomic E-state index is -0.156. The standard InChI is InChI=1S/C13H24N4O/c1-6-7-10-11(14-4)15-9-16-12(10)17-13(2,3)8-18-5/h9H,6-8H2,1-5H3,(H2,14,15,16,17). The molecule has 0 amide bonds. The van der Waals surface area contributed by atoms with Gasteiger partial charge in [0.05, 0.1) is 12.1 Å². The zero-order valence-electron chi connectivity index (χ0n) is 12.0. The molecule has 1 rings (SSSR count). The van der Waals surface area contributed by atoms with Crippen molar-refractivity contribution in [3.63, 3.8) is 0 Å². The number of nitrogens with zero attached hydrogens (tertiary/aromatic N) is 2. The van der Waals surface area contributed by atoms with Gasteiger partial charge in [-0.05, 0) is 20.3 Å². The minimum absolute atomic E-state index is 0.156. The first-order valence-corrected chi connectivity index (χ1v) is 6.32. The van der Waals surface area contributed by atoms with Gasteiger partial charge in [0, 0.05) is 19.7 Å². The number of hydrogen-bond donors (Lipinski definition) is 2. The molecule has 0 aromatic carbocycles. The van der Waals surface area contributed by atoms with Gasteiger partial charge in [-0.2, -0.15) is 0 Å². The molecule has 0 aliphatic heterocycles. The smallest absolute Gasteiger partial charge is 0.135 e. The zero-order valence-corrected chi connectivity index (χ0v) is 12.0. The summed E-state index contributed by atoms with van der Waals surface area (Å²) in [5.74, 6) is 1.78. The number of hydrogen-bond acceptors (Lipinski definition) is 5. The molecule has 0 saturated heterocycles. The second-order valence-corrected chi connectivity index (χ2v) is 4.99. The van der Waals surface area contributed by atoms with Crippen LogP contribution in [0.3, 0.4) is 0 Å². The largest absolute Gasteiger partial charge is 0.382 e. The lowest BCUT2D eigenvalue weighted by molar-refractivity contribution is 0.158. The molecule has 0 atom stereocenters. The highest BCUT2D eigenvalue weighted by Crippen LogP contribution is 2.24. The quantitative estimate of drug-likeness (QED) is 0.780. The van der Waals surface area contributed by atoms with E-state index in [2.05, 4.69) is 41.4 Å². The third-order valence-electron chi connectivity index (χ3n) is 2.64. The van der Waals surface area contributed by atoms with Crippen LogP contribution >= 0.6 is 0 Å². The van der Waals surface area contributed by atoms with Crippen molar-refractivity contribution < 1.29 is 4.74 Å². The van der Waals surface area contributed by atoms with Crippen molar-refractivity contribution in [1.82, 2.24) is 9.97 Å². The van der Waals surface area contributed by atoms with E-state index in [1.807, 2.05) is 7.05 Å². The highest BCUT2D eigenvalue weighted by atomic mass is 16.5. The van der Waals surface area contributed by atoms with Crippen molar-refractivity contribution in [2.75, 3.05) is 31.4 Å². The first-order valence-electron chi connectivity index (χ1n) is 6.32. The van der Waals surface area contributed by atoms with Crippen molar-refractivity contribution in [3.8, 4) is 0 Å². The third kappa shape index (κ3) is 3.84. The fraction of sp³-hybridized carbons (Fsp3) is 0.692. The fourth-order valence-electron chi connectivity index (χ4n) is 1.94. The van der Waals surface area contributed by atoms with E-state index >= 15 is 0 Å². The summed E-state index contributed by atoms with van der Waals surface area (Å²) in [6, 6.07) is 0. The Kier molecular flexibility index (Phi) is 5.34. The topological polar surface area (TPSA) is 59.1 Å². The van der Waals surface area contributed by atoms with Gasteiger partial charge >= 0.3 is 0 Å². The van der Waals surface area contributed by atoms with E-state index in [-0.39, 0.29) is 5.54 Å². The number of aromatic nitrogens is 2. The second-order valence-electron chi connectivity index (χ2n) is 4.99. The summed E-state index contributed by atoms with van der Waals surface area (Å²) in [4.78, 5) is 8.61. The van der Waals surface area contributed by atoms with Crippen LogP contribution in [-0.4, -0.2) is 36.3 Å². The molecule has 1 aromatic heterocycles. The molecule has 1 heterocycles. The molecular weight excluding hydrogens is 228 g/mol. The van der Waals surface area contributed by atoms with E-state index < -0.39 is 0 Å². The van der Waals surface area contributed by atoms with Crippen molar-refractivity contribution in [1.29, 1.82) is 0 Å². The molecule has 102 valence electrons. The second kappa shape index (κ2) is 6.54. The van der Waals surface area contributed by atoms with E-state index in [1.54, 1.807) is 13.4 Å². The average molecular weight is 252 g/mol. The molecule has 0 radical (unpaired) electrons. The van der Waals surface area contributed by atoms with E-state index in [0.29, 0.717) is 6.61 Å². The van der Waals surface area contributed by atoms with Gasteiger partial charge in [-0.1, -0.05) is 13.3 Å². The van der Waals surface area contributed by atoms with E-state index in [4.69, 9.17) is 4.74 Å². The fourth-order valence-corrected chi connectivity index (χ4v) is 1.94. The van der Waals surface area contributed by atoms with Crippen molar-refractivity contribution in [2.24, 2.45) is 0 Å². The lowest BCUT2D eigenvalue weighted by Gasteiger charge is -2.27. The molecule has 0 aliphatic rings. The van der Waals surface area contributed by atoms with E-state index in [9.17, 15) is 0 Å². The molecule has 5 heteroatoms. The Labute approximate surface area is 109 Å². The Balaban J connectivity index is 3.00. The molecule has 0 aliphatic carbocycles. The summed E-state index contributed by atoms with van der Waals surface area (Å²) in [7, 11) is 3.58. The average Bonchev–Trinajstić information content (AvgIpc) is 2.31. The Bertz CT molecular complexity index is 379. The first-order chi connectivity index (χ1) is 8.54. The molecular formula is C13H24N4O. The van der Waals surface area contributed by atoms with Crippen molar-refractivity contribution in [3.05, 3.63) is 11.9 Å². The van der Waals surface area contributed by atoms with Gasteiger partial charge < -0.3 is 15.4 Å². The number of anilines is 2. The minimum Gasteiger partial charge on any atom is -0.382 e. The van der Waals surface area contributed by atoms with Crippen LogP contribution in [0.2, 0.25) is 0 Å². The number of methoxy groups -OCH3 is 1. The Hall–Kier alpha value is -1.36. The molecule has 2 N–H and O–H groups in total. The summed E-state index contributed by atoms with van der Waals surface area (Å²) in [5.41, 5.74) is 0.975. The molecule has 18 heavy (non-hydrogen) atoms. The van der Waals surface area contributed by atoms with Gasteiger partial charge in [0.15, 0.2) is 0 Å². The molecule has 1 aromatic rings. The van der Waals surface area contributed by atoms with Crippen LogP contribution in [0.15, 0.2) is 6.33 Å². The van der Waals surface area contributed by atoms with E-state index in [0.717, 1.165) is 30.0 Å². The number of ether oxygens (including phenoxy) is 1. The molecule has 0 saturated carbocycles. The summed E-state index contributed by atoms with van der Waals surface area (Å²) < 4.78 is 5.21. The first kappa shape index (κ1) is 14.7. The molecule has 0 unspecified atom stereocenters. The lowest BCUT2D eigenvalue weighted by Crippen LogP contribution is -2.36. The van der Waals surface area contributed by atoms with Crippen LogP contribution < -0.4 is 10.6 Å². The maximum atomic E-state index is 5.21. The lowest BCUT2D eigenvalue weighted by atomic mass is 10.1. The van der Waals surface area contributed by atoms with Gasteiger partial charge in [0.2, 0.25) is 0 Å². The van der Waals surface area contributed by atoms with Crippen LogP contribution in [0.1, 0.15) is 32.8 Å². The summed E-state index contributed by atoms with van der Waals surface area (Å²) in [6.45, 7) is 6.95. The highest BCUT2D eigenvalue weighted by Gasteiger charge is 2.20. The molecule has 0 bridgehead atoms. The van der Waals surface area contributed by atoms with Gasteiger partial charge in [0.25, 0.3) is 0 Å². The van der Waals surface area contributed by atoms with Gasteiger partial charge in [-0.15, -0.1) is 0 Å². The maximum absolute atomic E-state index is 5.21. The van der Waals surface area contributed by atoms with Crippen molar-refractivity contribution in [2.45, 2.75) is 39.2 Å². The number of nitrogens with one attached hydrogen (secondary N) is 2. The highest BCUT2D eigenvalue weighted by molar-refractivity contribution is 5.58. The summed E-state index contributed by atoms with van der Waals surface area (Å²) in [5, 5.41) is 6.55. The van der Waals surface area contributed by atoms with Gasteiger partial charge in [0.1, 0.15) is 18.0 Å². The summed E-state index contributed by atoms with van der Waals surface area (Å²) in [6.07, 6.45) is 3.58. The van der Waals surface area contributed by atoms with Crippen LogP contribution in [0.25, 0.3) is 0 Å². The van der Waals surface area contributed by atoms with E-state index in [1.165, 1.54) is 0 Å². The monoisotopic (exact) mass is 252 g/mol. The SMILES string of the molecule is CCCc1c(NC)ncnc1NC(C)(C)COC. The van der Waals surface area contributed by atoms with Crippen LogP contribution in [0.4, 0.5) is 11.6 Å². The number of rotatable bonds is 7. The normalized spacial score (nSPS) is 11.4. The van der Waals surface area contributed by atoms with Gasteiger partial charge in [-0.3, -0.25) is 0 Å². The molecule has 5 nitrogen and oxygen atoms in total.